The highest BCUT2D eigenvalue weighted by molar-refractivity contribution is 8.00. The molecule has 3 heterocycles. The van der Waals surface area contributed by atoms with E-state index >= 15 is 0 Å². The Hall–Kier alpha value is -1.41. The summed E-state index contributed by atoms with van der Waals surface area (Å²) in [5.74, 6) is 1.57. The monoisotopic (exact) mass is 381 g/mol. The second-order valence-corrected chi connectivity index (χ2v) is 8.49. The molecular formula is C17H23N3O3S2. The first kappa shape index (κ1) is 18.4. The van der Waals surface area contributed by atoms with Gasteiger partial charge in [0.2, 0.25) is 0 Å². The number of nitrogens with one attached hydrogen (secondary N) is 2. The van der Waals surface area contributed by atoms with Crippen LogP contribution in [-0.4, -0.2) is 52.4 Å². The van der Waals surface area contributed by atoms with Crippen LogP contribution in [0.3, 0.4) is 0 Å². The second kappa shape index (κ2) is 9.33. The number of aromatic nitrogens is 1. The molecule has 0 saturated carbocycles. The van der Waals surface area contributed by atoms with E-state index in [2.05, 4.69) is 15.6 Å². The molecule has 3 atom stereocenters. The molecule has 0 spiro atoms. The minimum Gasteiger partial charge on any atom is -0.465 e. The Labute approximate surface area is 156 Å². The molecule has 0 radical (unpaired) electrons. The average Bonchev–Trinajstić information content (AvgIpc) is 3.16. The van der Waals surface area contributed by atoms with Crippen LogP contribution in [0.1, 0.15) is 25.7 Å². The summed E-state index contributed by atoms with van der Waals surface area (Å²) in [7, 11) is 0. The maximum Gasteiger partial charge on any atom is 0.315 e. The molecule has 3 rings (SSSR count). The van der Waals surface area contributed by atoms with Crippen molar-refractivity contribution in [1.29, 1.82) is 0 Å². The number of nitrogens with zero attached hydrogens (tertiary/aromatic N) is 1. The lowest BCUT2D eigenvalue weighted by molar-refractivity contribution is -0.143. The number of carbonyl (C=O) groups is 2. The molecule has 136 valence electrons. The number of amides is 2. The number of hydrogen-bond donors (Lipinski definition) is 2. The number of urea groups is 1. The van der Waals surface area contributed by atoms with E-state index in [-0.39, 0.29) is 24.1 Å². The quantitative estimate of drug-likeness (QED) is 0.296. The minimum absolute atomic E-state index is 0.0487. The Bertz CT molecular complexity index is 588. The first-order valence-corrected chi connectivity index (χ1v) is 10.6. The van der Waals surface area contributed by atoms with Crippen LogP contribution in [0.2, 0.25) is 0 Å². The van der Waals surface area contributed by atoms with Crippen LogP contribution in [0.4, 0.5) is 4.79 Å². The van der Waals surface area contributed by atoms with Gasteiger partial charge in [-0.05, 0) is 25.0 Å². The maximum atomic E-state index is 11.8. The van der Waals surface area contributed by atoms with Gasteiger partial charge in [-0.15, -0.1) is 11.8 Å². The smallest absolute Gasteiger partial charge is 0.315 e. The summed E-state index contributed by atoms with van der Waals surface area (Å²) >= 11 is 3.49. The molecule has 2 saturated heterocycles. The van der Waals surface area contributed by atoms with Crippen molar-refractivity contribution in [2.45, 2.75) is 48.0 Å². The van der Waals surface area contributed by atoms with Crippen LogP contribution < -0.4 is 10.6 Å². The molecule has 8 heteroatoms. The topological polar surface area (TPSA) is 80.3 Å². The number of carbonyl (C=O) groups excluding carboxylic acids is 2. The molecule has 6 nitrogen and oxygen atoms in total. The standard InChI is InChI=1S/C17H23N3O3S2/c21-15(23-9-10-24-14-6-3-4-8-18-14)7-2-1-5-13-16-12(11-25-13)19-17(22)20-16/h3-4,6,8,12-13,16H,1-2,5,7,9-11H2,(H2,19,20,22)/t12-,13+,16+/m1/s1. The SMILES string of the molecule is O=C1N[C@@H]2[C@H](CCCCC(=O)OCCSc3ccccn3)SC[C@H]2N1. The third-order valence-corrected chi connectivity index (χ3v) is 6.71. The Morgan fingerprint density at radius 3 is 3.12 bits per heavy atom. The largest absolute Gasteiger partial charge is 0.465 e. The molecule has 25 heavy (non-hydrogen) atoms. The maximum absolute atomic E-state index is 11.8. The molecular weight excluding hydrogens is 358 g/mol. The molecule has 1 aromatic heterocycles. The van der Waals surface area contributed by atoms with Crippen molar-refractivity contribution in [3.05, 3.63) is 24.4 Å². The fourth-order valence-electron chi connectivity index (χ4n) is 3.06. The van der Waals surface area contributed by atoms with Crippen molar-refractivity contribution in [1.82, 2.24) is 15.6 Å². The fourth-order valence-corrected chi connectivity index (χ4v) is 5.29. The minimum atomic E-state index is -0.130. The van der Waals surface area contributed by atoms with Crippen molar-refractivity contribution in [3.8, 4) is 0 Å². The number of thioether (sulfide) groups is 2. The molecule has 2 amide bonds. The zero-order valence-electron chi connectivity index (χ0n) is 14.0. The molecule has 0 unspecified atom stereocenters. The highest BCUT2D eigenvalue weighted by Gasteiger charge is 2.42. The summed E-state index contributed by atoms with van der Waals surface area (Å²) in [4.78, 5) is 27.3. The van der Waals surface area contributed by atoms with Crippen LogP contribution in [-0.2, 0) is 9.53 Å². The Kier molecular flexibility index (Phi) is 6.86. The molecule has 0 aliphatic carbocycles. The highest BCUT2D eigenvalue weighted by Crippen LogP contribution is 2.33. The van der Waals surface area contributed by atoms with Crippen LogP contribution in [0.25, 0.3) is 0 Å². The van der Waals surface area contributed by atoms with Gasteiger partial charge in [0.05, 0.1) is 17.1 Å². The lowest BCUT2D eigenvalue weighted by Crippen LogP contribution is -2.36. The van der Waals surface area contributed by atoms with Crippen LogP contribution >= 0.6 is 23.5 Å². The van der Waals surface area contributed by atoms with Crippen molar-refractivity contribution < 1.29 is 14.3 Å². The van der Waals surface area contributed by atoms with Gasteiger partial charge in [0, 0.05) is 29.4 Å². The van der Waals surface area contributed by atoms with Crippen LogP contribution in [0.5, 0.6) is 0 Å². The summed E-state index contributed by atoms with van der Waals surface area (Å²) in [6, 6.07) is 6.23. The van der Waals surface area contributed by atoms with Crippen molar-refractivity contribution in [2.75, 3.05) is 18.1 Å². The zero-order valence-corrected chi connectivity index (χ0v) is 15.6. The van der Waals surface area contributed by atoms with Gasteiger partial charge in [-0.25, -0.2) is 9.78 Å². The van der Waals surface area contributed by atoms with E-state index < -0.39 is 0 Å². The summed E-state index contributed by atoms with van der Waals surface area (Å²) in [6.07, 6.45) is 5.06. The van der Waals surface area contributed by atoms with Gasteiger partial charge in [-0.2, -0.15) is 11.8 Å². The number of ether oxygens (including phenoxy) is 1. The van der Waals surface area contributed by atoms with Crippen LogP contribution in [0.15, 0.2) is 29.4 Å². The second-order valence-electron chi connectivity index (χ2n) is 6.10. The zero-order chi connectivity index (χ0) is 17.5. The molecule has 2 aliphatic rings. The van der Waals surface area contributed by atoms with E-state index in [0.717, 1.165) is 35.8 Å². The van der Waals surface area contributed by atoms with Gasteiger partial charge in [0.1, 0.15) is 6.61 Å². The van der Waals surface area contributed by atoms with Gasteiger partial charge in [-0.1, -0.05) is 12.5 Å². The van der Waals surface area contributed by atoms with Crippen molar-refractivity contribution >= 4 is 35.5 Å². The number of rotatable bonds is 9. The Morgan fingerprint density at radius 2 is 2.28 bits per heavy atom. The van der Waals surface area contributed by atoms with E-state index in [1.165, 1.54) is 0 Å². The highest BCUT2D eigenvalue weighted by atomic mass is 32.2. The lowest BCUT2D eigenvalue weighted by atomic mass is 10.0. The molecule has 2 N–H and O–H groups in total. The average molecular weight is 382 g/mol. The first-order valence-electron chi connectivity index (χ1n) is 8.60. The summed E-state index contributed by atoms with van der Waals surface area (Å²) in [5, 5.41) is 7.33. The summed E-state index contributed by atoms with van der Waals surface area (Å²) in [5.41, 5.74) is 0. The molecule has 1 aromatic rings. The molecule has 2 fully saturated rings. The number of pyridine rings is 1. The van der Waals surface area contributed by atoms with E-state index in [1.54, 1.807) is 18.0 Å². The predicted octanol–water partition coefficient (Wildman–Crippen LogP) is 2.44. The number of hydrogen-bond acceptors (Lipinski definition) is 6. The van der Waals surface area contributed by atoms with Gasteiger partial charge >= 0.3 is 12.0 Å². The van der Waals surface area contributed by atoms with E-state index in [1.807, 2.05) is 30.0 Å². The van der Waals surface area contributed by atoms with Gasteiger partial charge in [-0.3, -0.25) is 4.79 Å². The van der Waals surface area contributed by atoms with Crippen LogP contribution in [0, 0.1) is 0 Å². The Balaban J connectivity index is 1.22. The number of fused-ring (bicyclic) bond motifs is 1. The first-order chi connectivity index (χ1) is 12.2. The van der Waals surface area contributed by atoms with E-state index in [9.17, 15) is 9.59 Å². The molecule has 0 aromatic carbocycles. The third-order valence-electron chi connectivity index (χ3n) is 4.29. The predicted molar refractivity (Wildman–Crippen MR) is 99.9 cm³/mol. The fraction of sp³-hybridized carbons (Fsp3) is 0.588. The summed E-state index contributed by atoms with van der Waals surface area (Å²) < 4.78 is 5.26. The lowest BCUT2D eigenvalue weighted by Gasteiger charge is -2.16. The van der Waals surface area contributed by atoms with E-state index in [4.69, 9.17) is 4.74 Å². The van der Waals surface area contributed by atoms with Crippen molar-refractivity contribution in [3.63, 3.8) is 0 Å². The normalized spacial score (nSPS) is 24.5. The molecule has 2 aliphatic heterocycles. The number of esters is 1. The third kappa shape index (κ3) is 5.54. The van der Waals surface area contributed by atoms with E-state index in [0.29, 0.717) is 18.3 Å². The van der Waals surface area contributed by atoms with Gasteiger partial charge in [0.15, 0.2) is 0 Å². The molecule has 0 bridgehead atoms. The number of unbranched alkanes of at least 4 members (excludes halogenated alkanes) is 1. The summed E-state index contributed by atoms with van der Waals surface area (Å²) in [6.45, 7) is 0.417. The van der Waals surface area contributed by atoms with Gasteiger partial charge < -0.3 is 15.4 Å². The van der Waals surface area contributed by atoms with Gasteiger partial charge in [0.25, 0.3) is 0 Å². The van der Waals surface area contributed by atoms with Crippen molar-refractivity contribution in [2.24, 2.45) is 0 Å². The Morgan fingerprint density at radius 1 is 1.36 bits per heavy atom.